The van der Waals surface area contributed by atoms with Gasteiger partial charge in [-0.1, -0.05) is 12.5 Å². The number of benzene rings is 1. The molecule has 1 rings (SSSR count). The Balaban J connectivity index is 2.31. The first-order valence-corrected chi connectivity index (χ1v) is 7.16. The van der Waals surface area contributed by atoms with E-state index in [-0.39, 0.29) is 29.7 Å². The van der Waals surface area contributed by atoms with Crippen molar-refractivity contribution < 1.29 is 27.5 Å². The van der Waals surface area contributed by atoms with Crippen molar-refractivity contribution in [3.05, 3.63) is 24.3 Å². The minimum absolute atomic E-state index is 0.0938. The molecule has 0 saturated carbocycles. The number of nitrogens with one attached hydrogen (secondary N) is 2. The highest BCUT2D eigenvalue weighted by atomic mass is 19.4. The molecule has 0 aliphatic heterocycles. The van der Waals surface area contributed by atoms with Crippen LogP contribution in [0.4, 0.5) is 18.9 Å². The van der Waals surface area contributed by atoms with Crippen LogP contribution in [0.3, 0.4) is 0 Å². The van der Waals surface area contributed by atoms with Crippen molar-refractivity contribution >= 4 is 17.5 Å². The number of carbonyl (C=O) groups is 2. The van der Waals surface area contributed by atoms with Crippen molar-refractivity contribution in [2.75, 3.05) is 11.9 Å². The van der Waals surface area contributed by atoms with Crippen LogP contribution in [0.1, 0.15) is 32.6 Å². The summed E-state index contributed by atoms with van der Waals surface area (Å²) in [5, 5.41) is 5.17. The number of halogens is 3. The molecule has 23 heavy (non-hydrogen) atoms. The zero-order valence-corrected chi connectivity index (χ0v) is 12.7. The molecule has 0 saturated heterocycles. The Morgan fingerprint density at radius 1 is 1.17 bits per heavy atom. The number of unbranched alkanes of at least 4 members (excludes halogenated alkanes) is 2. The van der Waals surface area contributed by atoms with Crippen LogP contribution < -0.4 is 15.4 Å². The minimum Gasteiger partial charge on any atom is -0.406 e. The number of ether oxygens (including phenoxy) is 1. The standard InChI is InChI=1S/C15H19F3N2O3/c1-11(21)19-9-4-2-3-8-14(22)20-12-6-5-7-13(10-12)23-15(16,17)18/h5-7,10H,2-4,8-9H2,1H3,(H,19,21)(H,20,22). The molecule has 1 aromatic carbocycles. The molecule has 0 fully saturated rings. The van der Waals surface area contributed by atoms with Gasteiger partial charge in [0.05, 0.1) is 0 Å². The van der Waals surface area contributed by atoms with Crippen LogP contribution in [-0.4, -0.2) is 24.7 Å². The molecule has 8 heteroatoms. The fourth-order valence-electron chi connectivity index (χ4n) is 1.85. The van der Waals surface area contributed by atoms with E-state index in [4.69, 9.17) is 0 Å². The Kier molecular flexibility index (Phi) is 7.37. The van der Waals surface area contributed by atoms with E-state index in [0.717, 1.165) is 25.0 Å². The summed E-state index contributed by atoms with van der Waals surface area (Å²) < 4.78 is 40.1. The number of anilines is 1. The first kappa shape index (κ1) is 18.8. The molecule has 0 spiro atoms. The number of rotatable bonds is 8. The average Bonchev–Trinajstić information content (AvgIpc) is 2.40. The lowest BCUT2D eigenvalue weighted by Gasteiger charge is -2.10. The second kappa shape index (κ2) is 9.02. The van der Waals surface area contributed by atoms with Gasteiger partial charge in [0.15, 0.2) is 0 Å². The van der Waals surface area contributed by atoms with E-state index in [2.05, 4.69) is 15.4 Å². The van der Waals surface area contributed by atoms with Crippen molar-refractivity contribution in [1.29, 1.82) is 0 Å². The Bertz CT molecular complexity index is 533. The molecular weight excluding hydrogens is 313 g/mol. The van der Waals surface area contributed by atoms with Crippen LogP contribution in [-0.2, 0) is 9.59 Å². The van der Waals surface area contributed by atoms with Gasteiger partial charge in [-0.15, -0.1) is 13.2 Å². The van der Waals surface area contributed by atoms with Gasteiger partial charge in [0, 0.05) is 31.6 Å². The molecule has 0 aliphatic rings. The maximum Gasteiger partial charge on any atom is 0.573 e. The van der Waals surface area contributed by atoms with Crippen LogP contribution in [0.25, 0.3) is 0 Å². The first-order chi connectivity index (χ1) is 10.8. The third kappa shape index (κ3) is 9.38. The molecule has 2 amide bonds. The predicted octanol–water partition coefficient (Wildman–Crippen LogP) is 3.22. The van der Waals surface area contributed by atoms with Gasteiger partial charge in [-0.2, -0.15) is 0 Å². The second-order valence-corrected chi connectivity index (χ2v) is 4.92. The Hall–Kier alpha value is -2.25. The summed E-state index contributed by atoms with van der Waals surface area (Å²) in [6.07, 6.45) is -2.35. The lowest BCUT2D eigenvalue weighted by Crippen LogP contribution is -2.20. The fraction of sp³-hybridized carbons (Fsp3) is 0.467. The molecule has 0 aliphatic carbocycles. The number of amides is 2. The normalized spacial score (nSPS) is 11.0. The Morgan fingerprint density at radius 2 is 1.91 bits per heavy atom. The molecule has 0 heterocycles. The molecular formula is C15H19F3N2O3. The predicted molar refractivity (Wildman–Crippen MR) is 78.9 cm³/mol. The fourth-order valence-corrected chi connectivity index (χ4v) is 1.85. The van der Waals surface area contributed by atoms with Gasteiger partial charge in [0.2, 0.25) is 11.8 Å². The van der Waals surface area contributed by atoms with E-state index < -0.39 is 6.36 Å². The maximum atomic E-state index is 12.1. The highest BCUT2D eigenvalue weighted by Gasteiger charge is 2.31. The highest BCUT2D eigenvalue weighted by Crippen LogP contribution is 2.25. The van der Waals surface area contributed by atoms with Crippen molar-refractivity contribution in [3.8, 4) is 5.75 Å². The smallest absolute Gasteiger partial charge is 0.406 e. The molecule has 5 nitrogen and oxygen atoms in total. The molecule has 0 radical (unpaired) electrons. The molecule has 0 aromatic heterocycles. The van der Waals surface area contributed by atoms with E-state index in [0.29, 0.717) is 13.0 Å². The topological polar surface area (TPSA) is 67.4 Å². The monoisotopic (exact) mass is 332 g/mol. The van der Waals surface area contributed by atoms with Crippen molar-refractivity contribution in [2.24, 2.45) is 0 Å². The first-order valence-electron chi connectivity index (χ1n) is 7.16. The van der Waals surface area contributed by atoms with Crippen molar-refractivity contribution in [3.63, 3.8) is 0 Å². The summed E-state index contributed by atoms with van der Waals surface area (Å²) in [4.78, 5) is 22.4. The number of alkyl halides is 3. The molecule has 0 bridgehead atoms. The van der Waals surface area contributed by atoms with E-state index >= 15 is 0 Å². The van der Waals surface area contributed by atoms with Gasteiger partial charge in [-0.3, -0.25) is 9.59 Å². The third-order valence-corrected chi connectivity index (χ3v) is 2.81. The van der Waals surface area contributed by atoms with E-state index in [1.165, 1.54) is 19.1 Å². The zero-order valence-electron chi connectivity index (χ0n) is 12.7. The summed E-state index contributed by atoms with van der Waals surface area (Å²) >= 11 is 0. The van der Waals surface area contributed by atoms with E-state index in [1.807, 2.05) is 0 Å². The van der Waals surface area contributed by atoms with Crippen LogP contribution >= 0.6 is 0 Å². The molecule has 128 valence electrons. The summed E-state index contributed by atoms with van der Waals surface area (Å²) in [5.41, 5.74) is 0.245. The SMILES string of the molecule is CC(=O)NCCCCCC(=O)Nc1cccc(OC(F)(F)F)c1. The van der Waals surface area contributed by atoms with Gasteiger partial charge < -0.3 is 15.4 Å². The minimum atomic E-state index is -4.77. The Labute approximate surface area is 132 Å². The quantitative estimate of drug-likeness (QED) is 0.718. The van der Waals surface area contributed by atoms with Crippen LogP contribution in [0, 0.1) is 0 Å². The summed E-state index contributed by atoms with van der Waals surface area (Å²) in [6.45, 7) is 2.00. The van der Waals surface area contributed by atoms with Gasteiger partial charge in [-0.25, -0.2) is 0 Å². The van der Waals surface area contributed by atoms with Crippen LogP contribution in [0.2, 0.25) is 0 Å². The number of hydrogen-bond acceptors (Lipinski definition) is 3. The largest absolute Gasteiger partial charge is 0.573 e. The number of carbonyl (C=O) groups excluding carboxylic acids is 2. The zero-order chi connectivity index (χ0) is 17.3. The average molecular weight is 332 g/mol. The maximum absolute atomic E-state index is 12.1. The Morgan fingerprint density at radius 3 is 2.57 bits per heavy atom. The van der Waals surface area contributed by atoms with Crippen LogP contribution in [0.5, 0.6) is 5.75 Å². The molecule has 1 aromatic rings. The van der Waals surface area contributed by atoms with Crippen molar-refractivity contribution in [2.45, 2.75) is 39.0 Å². The van der Waals surface area contributed by atoms with Gasteiger partial charge in [-0.05, 0) is 25.0 Å². The summed E-state index contributed by atoms with van der Waals surface area (Å²) in [6, 6.07) is 5.12. The molecule has 2 N–H and O–H groups in total. The lowest BCUT2D eigenvalue weighted by molar-refractivity contribution is -0.274. The van der Waals surface area contributed by atoms with E-state index in [9.17, 15) is 22.8 Å². The van der Waals surface area contributed by atoms with Gasteiger partial charge in [0.25, 0.3) is 0 Å². The highest BCUT2D eigenvalue weighted by molar-refractivity contribution is 5.90. The summed E-state index contributed by atoms with van der Waals surface area (Å²) in [7, 11) is 0. The summed E-state index contributed by atoms with van der Waals surface area (Å²) in [5.74, 6) is -0.761. The van der Waals surface area contributed by atoms with Gasteiger partial charge in [0.1, 0.15) is 5.75 Å². The van der Waals surface area contributed by atoms with E-state index in [1.54, 1.807) is 0 Å². The lowest BCUT2D eigenvalue weighted by atomic mass is 10.2. The van der Waals surface area contributed by atoms with Crippen LogP contribution in [0.15, 0.2) is 24.3 Å². The second-order valence-electron chi connectivity index (χ2n) is 4.92. The molecule has 0 unspecified atom stereocenters. The number of hydrogen-bond donors (Lipinski definition) is 2. The van der Waals surface area contributed by atoms with Crippen molar-refractivity contribution in [1.82, 2.24) is 5.32 Å². The molecule has 0 atom stereocenters. The van der Waals surface area contributed by atoms with Gasteiger partial charge >= 0.3 is 6.36 Å². The third-order valence-electron chi connectivity index (χ3n) is 2.81.